The number of rotatable bonds is 4. The summed E-state index contributed by atoms with van der Waals surface area (Å²) in [5.74, 6) is 1.62. The molecular weight excluding hydrogens is 310 g/mol. The number of carbonyl (C=O) groups excluding carboxylic acids is 1. The molecule has 2 fully saturated rings. The number of carbonyl (C=O) groups is 1. The van der Waals surface area contributed by atoms with Crippen LogP contribution in [0.25, 0.3) is 0 Å². The Balaban J connectivity index is 1.31. The van der Waals surface area contributed by atoms with Crippen LogP contribution in [0.2, 0.25) is 0 Å². The Morgan fingerprint density at radius 2 is 1.91 bits per heavy atom. The molecule has 1 saturated carbocycles. The second-order valence-electron chi connectivity index (χ2n) is 6.18. The highest BCUT2D eigenvalue weighted by molar-refractivity contribution is 7.09. The van der Waals surface area contributed by atoms with Gasteiger partial charge in [0.15, 0.2) is 0 Å². The monoisotopic (exact) mass is 329 g/mol. The number of pyridine rings is 1. The summed E-state index contributed by atoms with van der Waals surface area (Å²) in [6.45, 7) is 1.83. The lowest BCUT2D eigenvalue weighted by atomic mass is 10.0. The van der Waals surface area contributed by atoms with E-state index in [-0.39, 0.29) is 11.9 Å². The molecule has 2 aromatic heterocycles. The third-order valence-electron chi connectivity index (χ3n) is 4.42. The number of amides is 1. The second kappa shape index (κ2) is 6.23. The first kappa shape index (κ1) is 14.6. The largest absolute Gasteiger partial charge is 0.349 e. The molecule has 1 saturated heterocycles. The number of hydrogen-bond donors (Lipinski definition) is 1. The van der Waals surface area contributed by atoms with Crippen LogP contribution in [0.3, 0.4) is 0 Å². The van der Waals surface area contributed by atoms with Crippen molar-refractivity contribution in [2.24, 2.45) is 0 Å². The van der Waals surface area contributed by atoms with Crippen molar-refractivity contribution in [3.8, 4) is 0 Å². The molecular formula is C16H19N5OS. The van der Waals surface area contributed by atoms with Crippen molar-refractivity contribution in [3.05, 3.63) is 35.9 Å². The van der Waals surface area contributed by atoms with Crippen LogP contribution >= 0.6 is 11.5 Å². The average Bonchev–Trinajstić information content (AvgIpc) is 3.34. The van der Waals surface area contributed by atoms with Crippen molar-refractivity contribution >= 4 is 22.6 Å². The van der Waals surface area contributed by atoms with E-state index in [1.807, 2.05) is 0 Å². The van der Waals surface area contributed by atoms with E-state index in [9.17, 15) is 4.79 Å². The van der Waals surface area contributed by atoms with Crippen molar-refractivity contribution < 1.29 is 4.79 Å². The lowest BCUT2D eigenvalue weighted by Crippen LogP contribution is -2.44. The molecule has 3 heterocycles. The maximum absolute atomic E-state index is 12.2. The van der Waals surface area contributed by atoms with Crippen LogP contribution in [-0.2, 0) is 0 Å². The fourth-order valence-electron chi connectivity index (χ4n) is 2.85. The van der Waals surface area contributed by atoms with Crippen LogP contribution in [0.1, 0.15) is 47.8 Å². The zero-order chi connectivity index (χ0) is 15.6. The van der Waals surface area contributed by atoms with Gasteiger partial charge in [0, 0.05) is 54.5 Å². The van der Waals surface area contributed by atoms with E-state index in [0.29, 0.717) is 11.5 Å². The van der Waals surface area contributed by atoms with E-state index < -0.39 is 0 Å². The zero-order valence-electron chi connectivity index (χ0n) is 12.8. The molecule has 23 heavy (non-hydrogen) atoms. The summed E-state index contributed by atoms with van der Waals surface area (Å²) >= 11 is 1.51. The molecule has 0 spiro atoms. The third kappa shape index (κ3) is 3.34. The van der Waals surface area contributed by atoms with Crippen LogP contribution in [0.15, 0.2) is 24.5 Å². The molecule has 0 bridgehead atoms. The molecule has 2 aromatic rings. The number of aromatic nitrogens is 3. The Kier molecular flexibility index (Phi) is 3.95. The van der Waals surface area contributed by atoms with Gasteiger partial charge in [0.25, 0.3) is 5.91 Å². The molecule has 7 heteroatoms. The smallest absolute Gasteiger partial charge is 0.251 e. The Morgan fingerprint density at radius 3 is 2.61 bits per heavy atom. The molecule has 2 aliphatic rings. The molecule has 4 rings (SSSR count). The number of nitrogens with one attached hydrogen (secondary N) is 1. The lowest BCUT2D eigenvalue weighted by Gasteiger charge is -2.31. The highest BCUT2D eigenvalue weighted by Gasteiger charge is 2.29. The fraction of sp³-hybridized carbons (Fsp3) is 0.500. The second-order valence-corrected chi connectivity index (χ2v) is 6.91. The van der Waals surface area contributed by atoms with Gasteiger partial charge in [0.2, 0.25) is 5.13 Å². The average molecular weight is 329 g/mol. The molecule has 1 aliphatic carbocycles. The zero-order valence-corrected chi connectivity index (χ0v) is 13.6. The molecule has 1 N–H and O–H groups in total. The van der Waals surface area contributed by atoms with Crippen LogP contribution in [0.4, 0.5) is 5.13 Å². The van der Waals surface area contributed by atoms with Gasteiger partial charge < -0.3 is 10.2 Å². The lowest BCUT2D eigenvalue weighted by molar-refractivity contribution is 0.0931. The van der Waals surface area contributed by atoms with Crippen molar-refractivity contribution in [2.75, 3.05) is 18.0 Å². The van der Waals surface area contributed by atoms with Crippen molar-refractivity contribution in [1.82, 2.24) is 19.7 Å². The maximum atomic E-state index is 12.2. The quantitative estimate of drug-likeness (QED) is 0.931. The molecule has 1 amide bonds. The number of hydrogen-bond acceptors (Lipinski definition) is 6. The van der Waals surface area contributed by atoms with Gasteiger partial charge in [-0.2, -0.15) is 4.37 Å². The minimum atomic E-state index is -0.0159. The molecule has 0 atom stereocenters. The molecule has 120 valence electrons. The van der Waals surface area contributed by atoms with Crippen molar-refractivity contribution in [3.63, 3.8) is 0 Å². The van der Waals surface area contributed by atoms with E-state index in [1.165, 1.54) is 24.4 Å². The van der Waals surface area contributed by atoms with Gasteiger partial charge >= 0.3 is 0 Å². The fourth-order valence-corrected chi connectivity index (χ4v) is 3.65. The molecule has 0 radical (unpaired) electrons. The van der Waals surface area contributed by atoms with Gasteiger partial charge in [-0.25, -0.2) is 4.98 Å². The molecule has 6 nitrogen and oxygen atoms in total. The SMILES string of the molecule is O=C(NC1CCN(c2nc(C3CC3)ns2)CC1)c1ccncc1. The van der Waals surface area contributed by atoms with E-state index >= 15 is 0 Å². The van der Waals surface area contributed by atoms with Crippen LogP contribution in [0.5, 0.6) is 0 Å². The Bertz CT molecular complexity index is 677. The number of anilines is 1. The predicted octanol–water partition coefficient (Wildman–Crippen LogP) is 2.21. The standard InChI is InChI=1S/C16H19N5OS/c22-15(12-3-7-17-8-4-12)18-13-5-9-21(10-6-13)16-19-14(20-23-16)11-1-2-11/h3-4,7-8,11,13H,1-2,5-6,9-10H2,(H,18,22). The Morgan fingerprint density at radius 1 is 1.17 bits per heavy atom. The van der Waals surface area contributed by atoms with Gasteiger partial charge in [0.1, 0.15) is 5.82 Å². The van der Waals surface area contributed by atoms with Gasteiger partial charge in [-0.1, -0.05) is 0 Å². The topological polar surface area (TPSA) is 71.0 Å². The van der Waals surface area contributed by atoms with E-state index in [0.717, 1.165) is 36.9 Å². The first-order valence-corrected chi connectivity index (χ1v) is 8.86. The summed E-state index contributed by atoms with van der Waals surface area (Å²) in [5, 5.41) is 4.15. The van der Waals surface area contributed by atoms with E-state index in [2.05, 4.69) is 24.6 Å². The third-order valence-corrected chi connectivity index (χ3v) is 5.21. The van der Waals surface area contributed by atoms with Gasteiger partial charge in [-0.3, -0.25) is 9.78 Å². The van der Waals surface area contributed by atoms with Gasteiger partial charge in [-0.05, 0) is 37.8 Å². The summed E-state index contributed by atoms with van der Waals surface area (Å²) in [5.41, 5.74) is 0.667. The Labute approximate surface area is 139 Å². The van der Waals surface area contributed by atoms with Gasteiger partial charge in [-0.15, -0.1) is 0 Å². The van der Waals surface area contributed by atoms with Crippen molar-refractivity contribution in [2.45, 2.75) is 37.6 Å². The molecule has 1 aliphatic heterocycles. The normalized spacial score (nSPS) is 18.9. The maximum Gasteiger partial charge on any atom is 0.251 e. The van der Waals surface area contributed by atoms with Crippen LogP contribution in [-0.4, -0.2) is 39.4 Å². The highest BCUT2D eigenvalue weighted by atomic mass is 32.1. The minimum Gasteiger partial charge on any atom is -0.349 e. The number of piperidine rings is 1. The van der Waals surface area contributed by atoms with Crippen LogP contribution < -0.4 is 10.2 Å². The van der Waals surface area contributed by atoms with E-state index in [1.54, 1.807) is 24.5 Å². The minimum absolute atomic E-state index is 0.0159. The van der Waals surface area contributed by atoms with Crippen LogP contribution in [0, 0.1) is 0 Å². The molecule has 0 aromatic carbocycles. The summed E-state index contributed by atoms with van der Waals surface area (Å²) in [7, 11) is 0. The van der Waals surface area contributed by atoms with Crippen molar-refractivity contribution in [1.29, 1.82) is 0 Å². The number of nitrogens with zero attached hydrogens (tertiary/aromatic N) is 4. The first-order valence-electron chi connectivity index (χ1n) is 8.09. The molecule has 0 unspecified atom stereocenters. The van der Waals surface area contributed by atoms with E-state index in [4.69, 9.17) is 0 Å². The first-order chi connectivity index (χ1) is 11.3. The summed E-state index contributed by atoms with van der Waals surface area (Å²) in [6, 6.07) is 3.71. The highest BCUT2D eigenvalue weighted by Crippen LogP contribution is 2.39. The summed E-state index contributed by atoms with van der Waals surface area (Å²) in [6.07, 6.45) is 7.64. The Hall–Kier alpha value is -2.02. The van der Waals surface area contributed by atoms with Gasteiger partial charge in [0.05, 0.1) is 0 Å². The predicted molar refractivity (Wildman–Crippen MR) is 88.8 cm³/mol. The summed E-state index contributed by atoms with van der Waals surface area (Å²) in [4.78, 5) is 23.1. The summed E-state index contributed by atoms with van der Waals surface area (Å²) < 4.78 is 4.47.